The molecule has 25 heavy (non-hydrogen) atoms. The van der Waals surface area contributed by atoms with Gasteiger partial charge in [-0.1, -0.05) is 26.0 Å². The Morgan fingerprint density at radius 3 is 2.24 bits per heavy atom. The first kappa shape index (κ1) is 19.2. The molecule has 0 unspecified atom stereocenters. The molecule has 1 saturated heterocycles. The van der Waals surface area contributed by atoms with Crippen LogP contribution in [0.3, 0.4) is 0 Å². The molecule has 1 fully saturated rings. The van der Waals surface area contributed by atoms with Crippen LogP contribution in [-0.4, -0.2) is 79.4 Å². The Kier molecular flexibility index (Phi) is 7.25. The Morgan fingerprint density at radius 2 is 1.64 bits per heavy atom. The third-order valence-corrected chi connectivity index (χ3v) is 4.79. The minimum absolute atomic E-state index is 0.0345. The smallest absolute Gasteiger partial charge is 0.257 e. The molecule has 1 aliphatic heterocycles. The number of carbonyl (C=O) groups is 2. The molecule has 2 amide bonds. The molecule has 1 aromatic rings. The van der Waals surface area contributed by atoms with Crippen LogP contribution >= 0.6 is 0 Å². The van der Waals surface area contributed by atoms with Crippen LogP contribution in [0.15, 0.2) is 24.3 Å². The van der Waals surface area contributed by atoms with Crippen molar-refractivity contribution in [3.8, 4) is 5.75 Å². The van der Waals surface area contributed by atoms with Crippen LogP contribution in [0.25, 0.3) is 0 Å². The summed E-state index contributed by atoms with van der Waals surface area (Å²) in [6, 6.07) is 7.26. The summed E-state index contributed by atoms with van der Waals surface area (Å²) in [4.78, 5) is 31.0. The number of methoxy groups -OCH3 is 1. The van der Waals surface area contributed by atoms with Crippen molar-refractivity contribution < 1.29 is 14.3 Å². The van der Waals surface area contributed by atoms with E-state index < -0.39 is 0 Å². The average molecular weight is 347 g/mol. The third-order valence-electron chi connectivity index (χ3n) is 4.79. The summed E-state index contributed by atoms with van der Waals surface area (Å²) < 4.78 is 5.28. The Bertz CT molecular complexity index is 579. The van der Waals surface area contributed by atoms with E-state index in [2.05, 4.69) is 18.7 Å². The van der Waals surface area contributed by atoms with Crippen molar-refractivity contribution in [2.24, 2.45) is 0 Å². The quantitative estimate of drug-likeness (QED) is 0.753. The van der Waals surface area contributed by atoms with Crippen molar-refractivity contribution in [1.82, 2.24) is 14.7 Å². The average Bonchev–Trinajstić information content (AvgIpc) is 2.68. The number of benzene rings is 1. The number of hydrogen-bond donors (Lipinski definition) is 0. The van der Waals surface area contributed by atoms with Crippen LogP contribution in [0, 0.1) is 0 Å². The van der Waals surface area contributed by atoms with Gasteiger partial charge in [0, 0.05) is 39.1 Å². The van der Waals surface area contributed by atoms with Crippen molar-refractivity contribution >= 4 is 11.8 Å². The van der Waals surface area contributed by atoms with Crippen LogP contribution in [0.2, 0.25) is 0 Å². The monoisotopic (exact) mass is 347 g/mol. The predicted molar refractivity (Wildman–Crippen MR) is 97.9 cm³/mol. The van der Waals surface area contributed by atoms with Gasteiger partial charge in [0.1, 0.15) is 5.75 Å². The lowest BCUT2D eigenvalue weighted by molar-refractivity contribution is -0.133. The first-order valence-electron chi connectivity index (χ1n) is 9.03. The zero-order valence-electron chi connectivity index (χ0n) is 15.5. The highest BCUT2D eigenvalue weighted by Crippen LogP contribution is 2.20. The molecular formula is C19H29N3O3. The van der Waals surface area contributed by atoms with Gasteiger partial charge < -0.3 is 19.4 Å². The lowest BCUT2D eigenvalue weighted by Gasteiger charge is -2.35. The molecule has 6 heteroatoms. The summed E-state index contributed by atoms with van der Waals surface area (Å²) in [5.74, 6) is 0.731. The maximum Gasteiger partial charge on any atom is 0.257 e. The molecule has 0 bridgehead atoms. The Hall–Kier alpha value is -2.08. The molecule has 1 aliphatic rings. The number of piperazine rings is 1. The summed E-state index contributed by atoms with van der Waals surface area (Å²) in [5, 5.41) is 0. The van der Waals surface area contributed by atoms with E-state index >= 15 is 0 Å². The fraction of sp³-hybridized carbons (Fsp3) is 0.579. The van der Waals surface area contributed by atoms with Gasteiger partial charge in [-0.25, -0.2) is 0 Å². The molecule has 0 atom stereocenters. The minimum atomic E-state index is -0.0345. The zero-order valence-corrected chi connectivity index (χ0v) is 15.5. The number of carbonyl (C=O) groups excluding carboxylic acids is 2. The van der Waals surface area contributed by atoms with Gasteiger partial charge >= 0.3 is 0 Å². The number of nitrogens with zero attached hydrogens (tertiary/aromatic N) is 3. The third kappa shape index (κ3) is 4.95. The van der Waals surface area contributed by atoms with Gasteiger partial charge in [-0.15, -0.1) is 0 Å². The summed E-state index contributed by atoms with van der Waals surface area (Å²) in [7, 11) is 1.57. The Morgan fingerprint density at radius 1 is 1.04 bits per heavy atom. The highest BCUT2D eigenvalue weighted by Gasteiger charge is 2.26. The molecule has 138 valence electrons. The number of para-hydroxylation sites is 1. The van der Waals surface area contributed by atoms with Gasteiger partial charge in [-0.3, -0.25) is 9.59 Å². The standard InChI is InChI=1S/C19H29N3O3/c1-4-20(5-2)11-10-18(23)21-12-14-22(15-13-21)19(24)16-8-6-7-9-17(16)25-3/h6-9H,4-5,10-15H2,1-3H3. The van der Waals surface area contributed by atoms with Crippen molar-refractivity contribution in [1.29, 1.82) is 0 Å². The highest BCUT2D eigenvalue weighted by atomic mass is 16.5. The normalized spacial score (nSPS) is 14.7. The molecule has 0 spiro atoms. The molecule has 2 rings (SSSR count). The zero-order chi connectivity index (χ0) is 18.2. The van der Waals surface area contributed by atoms with Gasteiger partial charge in [-0.05, 0) is 25.2 Å². The molecule has 0 saturated carbocycles. The van der Waals surface area contributed by atoms with Crippen molar-refractivity contribution in [3.63, 3.8) is 0 Å². The van der Waals surface area contributed by atoms with E-state index in [1.165, 1.54) is 0 Å². The van der Waals surface area contributed by atoms with Crippen molar-refractivity contribution in [2.45, 2.75) is 20.3 Å². The van der Waals surface area contributed by atoms with Crippen LogP contribution in [0.5, 0.6) is 5.75 Å². The number of ether oxygens (including phenoxy) is 1. The second-order valence-electron chi connectivity index (χ2n) is 6.15. The van der Waals surface area contributed by atoms with Crippen molar-refractivity contribution in [2.75, 3.05) is 52.9 Å². The summed E-state index contributed by atoms with van der Waals surface area (Å²) in [6.45, 7) is 9.26. The Labute approximate surface area is 150 Å². The van der Waals surface area contributed by atoms with Gasteiger partial charge in [0.15, 0.2) is 0 Å². The van der Waals surface area contributed by atoms with E-state index in [9.17, 15) is 9.59 Å². The molecule has 0 aromatic heterocycles. The van der Waals surface area contributed by atoms with Gasteiger partial charge in [0.25, 0.3) is 5.91 Å². The van der Waals surface area contributed by atoms with E-state index in [-0.39, 0.29) is 11.8 Å². The summed E-state index contributed by atoms with van der Waals surface area (Å²) in [5.41, 5.74) is 0.575. The van der Waals surface area contributed by atoms with E-state index in [4.69, 9.17) is 4.74 Å². The van der Waals surface area contributed by atoms with E-state index in [1.54, 1.807) is 24.1 Å². The number of amides is 2. The van der Waals surface area contributed by atoms with Gasteiger partial charge in [-0.2, -0.15) is 0 Å². The van der Waals surface area contributed by atoms with Crippen LogP contribution < -0.4 is 4.74 Å². The first-order chi connectivity index (χ1) is 12.1. The second kappa shape index (κ2) is 9.42. The summed E-state index contributed by atoms with van der Waals surface area (Å²) >= 11 is 0. The first-order valence-corrected chi connectivity index (χ1v) is 9.03. The van der Waals surface area contributed by atoms with E-state index in [0.717, 1.165) is 19.6 Å². The fourth-order valence-electron chi connectivity index (χ4n) is 3.10. The topological polar surface area (TPSA) is 53.1 Å². The van der Waals surface area contributed by atoms with Crippen LogP contribution in [0.1, 0.15) is 30.6 Å². The molecule has 1 aromatic carbocycles. The molecule has 6 nitrogen and oxygen atoms in total. The maximum atomic E-state index is 12.7. The molecule has 0 aliphatic carbocycles. The van der Waals surface area contributed by atoms with E-state index in [1.807, 2.05) is 17.0 Å². The predicted octanol–water partition coefficient (Wildman–Crippen LogP) is 1.71. The minimum Gasteiger partial charge on any atom is -0.496 e. The molecule has 0 N–H and O–H groups in total. The SMILES string of the molecule is CCN(CC)CCC(=O)N1CCN(C(=O)c2ccccc2OC)CC1. The van der Waals surface area contributed by atoms with Crippen LogP contribution in [-0.2, 0) is 4.79 Å². The van der Waals surface area contributed by atoms with Gasteiger partial charge in [0.05, 0.1) is 12.7 Å². The molecule has 0 radical (unpaired) electrons. The number of rotatable bonds is 7. The second-order valence-corrected chi connectivity index (χ2v) is 6.15. The van der Waals surface area contributed by atoms with Gasteiger partial charge in [0.2, 0.25) is 5.91 Å². The molecular weight excluding hydrogens is 318 g/mol. The highest BCUT2D eigenvalue weighted by molar-refractivity contribution is 5.97. The van der Waals surface area contributed by atoms with Crippen molar-refractivity contribution in [3.05, 3.63) is 29.8 Å². The lowest BCUT2D eigenvalue weighted by Crippen LogP contribution is -2.51. The molecule has 1 heterocycles. The number of hydrogen-bond acceptors (Lipinski definition) is 4. The maximum absolute atomic E-state index is 12.7. The summed E-state index contributed by atoms with van der Waals surface area (Å²) in [6.07, 6.45) is 0.544. The largest absolute Gasteiger partial charge is 0.496 e. The Balaban J connectivity index is 1.86. The fourth-order valence-corrected chi connectivity index (χ4v) is 3.10. The lowest BCUT2D eigenvalue weighted by atomic mass is 10.1. The van der Waals surface area contributed by atoms with E-state index in [0.29, 0.717) is 43.9 Å². The van der Waals surface area contributed by atoms with Crippen LogP contribution in [0.4, 0.5) is 0 Å².